The minimum Gasteiger partial charge on any atom is -0.491 e. The van der Waals surface area contributed by atoms with Crippen LogP contribution in [0.4, 0.5) is 10.5 Å². The average molecular weight is 993 g/mol. The number of amides is 4. The van der Waals surface area contributed by atoms with Gasteiger partial charge < -0.3 is 35.4 Å². The average Bonchev–Trinajstić information content (AvgIpc) is 3.79. The van der Waals surface area contributed by atoms with Gasteiger partial charge >= 0.3 is 12.0 Å². The van der Waals surface area contributed by atoms with Crippen molar-refractivity contribution in [1.29, 1.82) is 0 Å². The lowest BCUT2D eigenvalue weighted by Crippen LogP contribution is -2.56. The molecule has 5 N–H and O–H groups in total. The molecule has 8 atom stereocenters. The molecule has 4 amide bonds. The van der Waals surface area contributed by atoms with Gasteiger partial charge in [-0.15, -0.1) is 0 Å². The number of urea groups is 1. The van der Waals surface area contributed by atoms with Gasteiger partial charge in [-0.1, -0.05) is 164 Å². The van der Waals surface area contributed by atoms with Crippen LogP contribution < -0.4 is 20.3 Å². The van der Waals surface area contributed by atoms with Crippen LogP contribution in [0, 0.1) is 17.8 Å². The number of imide groups is 1. The second-order valence-corrected chi connectivity index (χ2v) is 19.7. The number of rotatable bonds is 12. The lowest BCUT2D eigenvalue weighted by atomic mass is 9.65. The van der Waals surface area contributed by atoms with E-state index >= 15 is 19.2 Å². The summed E-state index contributed by atoms with van der Waals surface area (Å²) in [5.41, 5.74) is 0.468. The van der Waals surface area contributed by atoms with E-state index < -0.39 is 77.1 Å². The molecule has 1 aliphatic carbocycles. The maximum atomic E-state index is 16.9. The van der Waals surface area contributed by atoms with Crippen LogP contribution in [0.2, 0.25) is 0 Å². The highest BCUT2D eigenvalue weighted by molar-refractivity contribution is 6.24. The molecule has 378 valence electrons. The third-order valence-electron chi connectivity index (χ3n) is 15.2. The van der Waals surface area contributed by atoms with Gasteiger partial charge in [0.15, 0.2) is 0 Å². The molecule has 6 aromatic carbocycles. The maximum absolute atomic E-state index is 16.9. The Hall–Kier alpha value is -7.60. The zero-order chi connectivity index (χ0) is 51.4. The van der Waals surface area contributed by atoms with Gasteiger partial charge in [0.2, 0.25) is 11.8 Å². The molecule has 3 heterocycles. The van der Waals surface area contributed by atoms with Crippen LogP contribution in [0.15, 0.2) is 164 Å². The Balaban J connectivity index is 1.26. The van der Waals surface area contributed by atoms with E-state index in [1.165, 1.54) is 0 Å². The molecule has 3 fully saturated rings. The monoisotopic (exact) mass is 992 g/mol. The summed E-state index contributed by atoms with van der Waals surface area (Å²) in [4.78, 5) is 66.8. The zero-order valence-electron chi connectivity index (χ0n) is 41.2. The number of nitrogens with one attached hydrogen (secondary N) is 2. The number of hydrogen-bond acceptors (Lipinski definition) is 10. The van der Waals surface area contributed by atoms with Crippen LogP contribution in [-0.4, -0.2) is 75.4 Å². The number of carbonyl (C=O) groups excluding carboxylic acids is 4. The van der Waals surface area contributed by atoms with Gasteiger partial charge in [0.25, 0.3) is 0 Å². The molecule has 1 saturated carbocycles. The van der Waals surface area contributed by atoms with Crippen molar-refractivity contribution in [3.8, 4) is 17.6 Å². The molecule has 13 nitrogen and oxygen atoms in total. The Morgan fingerprint density at radius 3 is 2.04 bits per heavy atom. The third-order valence-corrected chi connectivity index (χ3v) is 15.2. The highest BCUT2D eigenvalue weighted by atomic mass is 16.6. The number of esters is 1. The second-order valence-electron chi connectivity index (χ2n) is 19.7. The number of fused-ring (bicyclic) bond motifs is 3. The number of aliphatic hydroxyl groups is 3. The number of aliphatic hydroxyl groups excluding tert-OH is 2. The molecule has 0 radical (unpaired) electrons. The number of ether oxygens (including phenoxy) is 2. The molecule has 13 heteroatoms. The fourth-order valence-electron chi connectivity index (χ4n) is 11.8. The van der Waals surface area contributed by atoms with E-state index in [-0.39, 0.29) is 36.8 Å². The summed E-state index contributed by atoms with van der Waals surface area (Å²) < 4.78 is 13.0. The van der Waals surface area contributed by atoms with E-state index in [4.69, 9.17) is 9.47 Å². The molecule has 3 aliphatic heterocycles. The molecular formula is C61H60N4O9. The number of carbonyl (C=O) groups is 4. The van der Waals surface area contributed by atoms with E-state index in [1.807, 2.05) is 109 Å². The summed E-state index contributed by atoms with van der Waals surface area (Å²) in [6.45, 7) is 1.05. The van der Waals surface area contributed by atoms with Gasteiger partial charge in [-0.2, -0.15) is 0 Å². The van der Waals surface area contributed by atoms with Gasteiger partial charge in [0.05, 0.1) is 42.4 Å². The van der Waals surface area contributed by atoms with Crippen molar-refractivity contribution in [2.75, 3.05) is 24.7 Å². The third kappa shape index (κ3) is 9.35. The number of nitrogens with zero attached hydrogens (tertiary/aromatic N) is 2. The minimum absolute atomic E-state index is 0.128. The fourth-order valence-corrected chi connectivity index (χ4v) is 11.8. The smallest absolute Gasteiger partial charge is 0.329 e. The topological polar surface area (TPSA) is 178 Å². The summed E-state index contributed by atoms with van der Waals surface area (Å²) in [7, 11) is 0. The normalized spacial score (nSPS) is 23.8. The summed E-state index contributed by atoms with van der Waals surface area (Å²) >= 11 is 0. The molecule has 74 heavy (non-hydrogen) atoms. The van der Waals surface area contributed by atoms with Gasteiger partial charge in [0.1, 0.15) is 35.5 Å². The predicted octanol–water partition coefficient (Wildman–Crippen LogP) is 8.48. The Bertz CT molecular complexity index is 3050. The molecular weight excluding hydrogens is 933 g/mol. The Morgan fingerprint density at radius 2 is 1.38 bits per heavy atom. The van der Waals surface area contributed by atoms with E-state index in [1.54, 1.807) is 66.7 Å². The van der Waals surface area contributed by atoms with Crippen LogP contribution >= 0.6 is 0 Å². The fraction of sp³-hybridized carbons (Fsp3) is 0.311. The summed E-state index contributed by atoms with van der Waals surface area (Å²) in [5, 5.41) is 39.6. The Morgan fingerprint density at radius 1 is 0.770 bits per heavy atom. The van der Waals surface area contributed by atoms with E-state index in [2.05, 4.69) is 22.5 Å². The van der Waals surface area contributed by atoms with E-state index in [9.17, 15) is 15.3 Å². The minimum atomic E-state index is -2.16. The first-order chi connectivity index (χ1) is 36.0. The van der Waals surface area contributed by atoms with Crippen molar-refractivity contribution in [2.24, 2.45) is 5.92 Å². The van der Waals surface area contributed by atoms with E-state index in [0.29, 0.717) is 40.7 Å². The lowest BCUT2D eigenvalue weighted by molar-refractivity contribution is -0.178. The van der Waals surface area contributed by atoms with Crippen LogP contribution in [0.1, 0.15) is 115 Å². The highest BCUT2D eigenvalue weighted by Crippen LogP contribution is 2.66. The first-order valence-electron chi connectivity index (χ1n) is 25.6. The molecule has 0 aromatic heterocycles. The van der Waals surface area contributed by atoms with Gasteiger partial charge in [-0.05, 0) is 84.7 Å². The standard InChI is InChI=1S/C61H60N4O9/c1-40(42-20-8-4-9-21-42)63-59(71)64-48-31-30-41(32-35-60(72)33-18-2-3-19-34-60)38-47(48)61(58(64)70)51(56(68)62-39-49(67)43-22-10-5-11-23-43)53-57(69)74-54(45-26-14-7-15-27-45)52(44-24-12-6-13-25-44)65(53)55(61)46-28-16-17-29-50(46)73-37-36-66/h4-17,20-31,38,40,49,51-55,66-67,72H,2-3,18-19,33-34,36-37,39H2,1H3,(H,62,68)(H,63,71)/t40-,49+,51-,52-,53-,54+,55+,61-/m1/s1. The van der Waals surface area contributed by atoms with Crippen molar-refractivity contribution < 1.29 is 44.0 Å². The van der Waals surface area contributed by atoms with Crippen LogP contribution in [0.5, 0.6) is 5.75 Å². The Kier molecular flexibility index (Phi) is 14.5. The first kappa shape index (κ1) is 50.0. The number of benzene rings is 6. The molecule has 0 bridgehead atoms. The van der Waals surface area contributed by atoms with Crippen LogP contribution in [-0.2, 0) is 24.5 Å². The second kappa shape index (κ2) is 21.5. The largest absolute Gasteiger partial charge is 0.491 e. The lowest BCUT2D eigenvalue weighted by Gasteiger charge is -2.46. The zero-order valence-corrected chi connectivity index (χ0v) is 41.2. The molecule has 0 unspecified atom stereocenters. The van der Waals surface area contributed by atoms with Crippen molar-refractivity contribution >= 4 is 29.5 Å². The van der Waals surface area contributed by atoms with Crippen molar-refractivity contribution in [1.82, 2.24) is 15.5 Å². The molecule has 10 rings (SSSR count). The quantitative estimate of drug-likeness (QED) is 0.0454. The van der Waals surface area contributed by atoms with Crippen molar-refractivity contribution in [2.45, 2.75) is 92.8 Å². The van der Waals surface area contributed by atoms with E-state index in [0.717, 1.165) is 36.1 Å². The van der Waals surface area contributed by atoms with Crippen molar-refractivity contribution in [3.63, 3.8) is 0 Å². The number of morpholine rings is 1. The first-order valence-corrected chi connectivity index (χ1v) is 25.6. The molecule has 1 spiro atoms. The number of cyclic esters (lactones) is 1. The molecule has 6 aromatic rings. The number of para-hydroxylation sites is 1. The summed E-state index contributed by atoms with van der Waals surface area (Å²) in [6.07, 6.45) is 2.43. The van der Waals surface area contributed by atoms with Crippen LogP contribution in [0.25, 0.3) is 0 Å². The van der Waals surface area contributed by atoms with Crippen molar-refractivity contribution in [3.05, 3.63) is 203 Å². The number of anilines is 1. The molecule has 2 saturated heterocycles. The Labute approximate surface area is 431 Å². The van der Waals surface area contributed by atoms with Gasteiger partial charge in [-0.3, -0.25) is 19.3 Å². The molecule has 4 aliphatic rings. The summed E-state index contributed by atoms with van der Waals surface area (Å²) in [5.74, 6) is 2.70. The maximum Gasteiger partial charge on any atom is 0.329 e. The van der Waals surface area contributed by atoms with Gasteiger partial charge in [-0.25, -0.2) is 9.69 Å². The van der Waals surface area contributed by atoms with Crippen LogP contribution in [0.3, 0.4) is 0 Å². The predicted molar refractivity (Wildman–Crippen MR) is 278 cm³/mol. The van der Waals surface area contributed by atoms with Gasteiger partial charge in [0, 0.05) is 17.7 Å². The summed E-state index contributed by atoms with van der Waals surface area (Å²) in [6, 6.07) is 44.0. The highest BCUT2D eigenvalue weighted by Gasteiger charge is 2.76. The SMILES string of the molecule is C[C@@H](NC(=O)N1C(=O)[C@@]2(c3cc(C#CC4(O)CCCCCC4)ccc31)[C@H](c1ccccc1OCCO)N1[C@H](c3ccccc3)[C@H](c3ccccc3)OC(=O)[C@H]1[C@@H]2C(=O)NC[C@H](O)c1ccccc1)c1ccccc1. The number of hydrogen-bond donors (Lipinski definition) is 5.